The highest BCUT2D eigenvalue weighted by molar-refractivity contribution is 5.71. The molecule has 0 aromatic carbocycles. The number of carboxylic acids is 1. The second-order valence-corrected chi connectivity index (χ2v) is 4.47. The van der Waals surface area contributed by atoms with Gasteiger partial charge in [0.25, 0.3) is 0 Å². The van der Waals surface area contributed by atoms with E-state index in [-0.39, 0.29) is 5.92 Å². The summed E-state index contributed by atoms with van der Waals surface area (Å²) in [6.45, 7) is 1.20. The van der Waals surface area contributed by atoms with E-state index in [1.807, 2.05) is 11.0 Å². The summed E-state index contributed by atoms with van der Waals surface area (Å²) in [6.07, 6.45) is 7.28. The van der Waals surface area contributed by atoms with Crippen LogP contribution in [0.5, 0.6) is 0 Å². The Kier molecular flexibility index (Phi) is 2.86. The minimum Gasteiger partial charge on any atom is -0.481 e. The summed E-state index contributed by atoms with van der Waals surface area (Å²) in [6, 6.07) is 1.84. The molecule has 0 aliphatic carbocycles. The second-order valence-electron chi connectivity index (χ2n) is 4.47. The summed E-state index contributed by atoms with van der Waals surface area (Å²) in [7, 11) is 0. The van der Waals surface area contributed by atoms with E-state index in [0.717, 1.165) is 11.6 Å². The molecule has 2 aromatic rings. The summed E-state index contributed by atoms with van der Waals surface area (Å²) >= 11 is 0. The minimum absolute atomic E-state index is 0.313. The monoisotopic (exact) mass is 259 g/mol. The van der Waals surface area contributed by atoms with Crippen molar-refractivity contribution in [2.24, 2.45) is 5.92 Å². The molecule has 0 saturated carbocycles. The van der Waals surface area contributed by atoms with E-state index >= 15 is 0 Å². The zero-order chi connectivity index (χ0) is 13.2. The Hall–Kier alpha value is -2.44. The number of carboxylic acid groups (broad SMARTS) is 1. The third-order valence-electron chi connectivity index (χ3n) is 3.27. The van der Waals surface area contributed by atoms with Gasteiger partial charge in [-0.15, -0.1) is 0 Å². The van der Waals surface area contributed by atoms with Crippen LogP contribution in [0.1, 0.15) is 6.42 Å². The number of nitrogens with zero attached hydrogens (tertiary/aromatic N) is 5. The van der Waals surface area contributed by atoms with Gasteiger partial charge in [0.05, 0.1) is 5.92 Å². The van der Waals surface area contributed by atoms with Crippen molar-refractivity contribution < 1.29 is 9.90 Å². The SMILES string of the molecule is O=C(O)C1CCN(c2cc(-n3ccnc3)ncn2)C1. The van der Waals surface area contributed by atoms with E-state index in [0.29, 0.717) is 19.5 Å². The first-order valence-electron chi connectivity index (χ1n) is 6.02. The lowest BCUT2D eigenvalue weighted by Crippen LogP contribution is -2.23. The molecule has 1 N–H and O–H groups in total. The predicted molar refractivity (Wildman–Crippen MR) is 67.1 cm³/mol. The van der Waals surface area contributed by atoms with E-state index in [9.17, 15) is 4.79 Å². The highest BCUT2D eigenvalue weighted by Crippen LogP contribution is 2.22. The van der Waals surface area contributed by atoms with E-state index in [2.05, 4.69) is 15.0 Å². The molecule has 1 unspecified atom stereocenters. The summed E-state index contributed by atoms with van der Waals surface area (Å²) < 4.78 is 1.79. The van der Waals surface area contributed by atoms with Crippen molar-refractivity contribution in [2.75, 3.05) is 18.0 Å². The first kappa shape index (κ1) is 11.6. The fourth-order valence-corrected chi connectivity index (χ4v) is 2.22. The molecule has 19 heavy (non-hydrogen) atoms. The number of hydrogen-bond acceptors (Lipinski definition) is 5. The maximum atomic E-state index is 11.0. The zero-order valence-electron chi connectivity index (χ0n) is 10.2. The maximum absolute atomic E-state index is 11.0. The average molecular weight is 259 g/mol. The molecule has 0 amide bonds. The topological polar surface area (TPSA) is 84.1 Å². The standard InChI is InChI=1S/C12H13N5O2/c18-12(19)9-1-3-16(6-9)10-5-11(15-7-14-10)17-4-2-13-8-17/h2,4-5,7-9H,1,3,6H2,(H,18,19). The number of anilines is 1. The van der Waals surface area contributed by atoms with Gasteiger partial charge in [-0.3, -0.25) is 9.36 Å². The number of carbonyl (C=O) groups is 1. The van der Waals surface area contributed by atoms with Gasteiger partial charge >= 0.3 is 5.97 Å². The fraction of sp³-hybridized carbons (Fsp3) is 0.333. The maximum Gasteiger partial charge on any atom is 0.308 e. The predicted octanol–water partition coefficient (Wildman–Crippen LogP) is 0.573. The highest BCUT2D eigenvalue weighted by atomic mass is 16.4. The Morgan fingerprint density at radius 3 is 2.89 bits per heavy atom. The number of imidazole rings is 1. The van der Waals surface area contributed by atoms with Crippen molar-refractivity contribution in [1.82, 2.24) is 19.5 Å². The Labute approximate surface area is 109 Å². The molecule has 1 aliphatic heterocycles. The molecule has 3 rings (SSSR count). The summed E-state index contributed by atoms with van der Waals surface area (Å²) in [5, 5.41) is 9.01. The van der Waals surface area contributed by atoms with Crippen LogP contribution >= 0.6 is 0 Å². The zero-order valence-corrected chi connectivity index (χ0v) is 10.2. The molecular formula is C12H13N5O2. The van der Waals surface area contributed by atoms with Gasteiger partial charge < -0.3 is 10.0 Å². The van der Waals surface area contributed by atoms with E-state index in [4.69, 9.17) is 5.11 Å². The van der Waals surface area contributed by atoms with E-state index < -0.39 is 5.97 Å². The van der Waals surface area contributed by atoms with E-state index in [1.54, 1.807) is 23.3 Å². The Bertz CT molecular complexity index is 584. The number of aromatic nitrogens is 4. The summed E-state index contributed by atoms with van der Waals surface area (Å²) in [5.74, 6) is 0.418. The van der Waals surface area contributed by atoms with Gasteiger partial charge in [0.1, 0.15) is 24.3 Å². The van der Waals surface area contributed by atoms with E-state index in [1.165, 1.54) is 6.33 Å². The quantitative estimate of drug-likeness (QED) is 0.867. The molecule has 0 bridgehead atoms. The van der Waals surface area contributed by atoms with Crippen LogP contribution in [-0.2, 0) is 4.79 Å². The highest BCUT2D eigenvalue weighted by Gasteiger charge is 2.28. The van der Waals surface area contributed by atoms with Crippen molar-refractivity contribution in [1.29, 1.82) is 0 Å². The van der Waals surface area contributed by atoms with Crippen molar-refractivity contribution >= 4 is 11.8 Å². The normalized spacial score (nSPS) is 18.7. The third kappa shape index (κ3) is 2.26. The van der Waals surface area contributed by atoms with Crippen LogP contribution in [0.15, 0.2) is 31.1 Å². The molecule has 7 nitrogen and oxygen atoms in total. The second kappa shape index (κ2) is 4.68. The van der Waals surface area contributed by atoms with Crippen molar-refractivity contribution in [3.05, 3.63) is 31.1 Å². The lowest BCUT2D eigenvalue weighted by Gasteiger charge is -2.17. The minimum atomic E-state index is -0.744. The van der Waals surface area contributed by atoms with Crippen molar-refractivity contribution in [3.63, 3.8) is 0 Å². The Morgan fingerprint density at radius 2 is 2.21 bits per heavy atom. The first-order valence-corrected chi connectivity index (χ1v) is 6.02. The molecule has 1 saturated heterocycles. The molecule has 1 fully saturated rings. The molecule has 2 aromatic heterocycles. The summed E-state index contributed by atoms with van der Waals surface area (Å²) in [4.78, 5) is 25.3. The van der Waals surface area contributed by atoms with Gasteiger partial charge in [-0.25, -0.2) is 15.0 Å². The number of rotatable bonds is 3. The first-order chi connectivity index (χ1) is 9.24. The molecule has 98 valence electrons. The van der Waals surface area contributed by atoms with Gasteiger partial charge in [0, 0.05) is 31.5 Å². The summed E-state index contributed by atoms with van der Waals surface area (Å²) in [5.41, 5.74) is 0. The van der Waals surface area contributed by atoms with Crippen LogP contribution < -0.4 is 4.90 Å². The average Bonchev–Trinajstić information content (AvgIpc) is 3.10. The van der Waals surface area contributed by atoms with Gasteiger partial charge in [0.15, 0.2) is 0 Å². The molecule has 0 radical (unpaired) electrons. The fourth-order valence-electron chi connectivity index (χ4n) is 2.22. The molecule has 7 heteroatoms. The van der Waals surface area contributed by atoms with Crippen molar-refractivity contribution in [3.8, 4) is 5.82 Å². The van der Waals surface area contributed by atoms with Crippen LogP contribution in [0.4, 0.5) is 5.82 Å². The Morgan fingerprint density at radius 1 is 1.37 bits per heavy atom. The molecule has 0 spiro atoms. The van der Waals surface area contributed by atoms with Gasteiger partial charge in [-0.05, 0) is 6.42 Å². The molecular weight excluding hydrogens is 246 g/mol. The lowest BCUT2D eigenvalue weighted by atomic mass is 10.1. The number of aliphatic carboxylic acids is 1. The third-order valence-corrected chi connectivity index (χ3v) is 3.27. The Balaban J connectivity index is 1.83. The van der Waals surface area contributed by atoms with Gasteiger partial charge in [-0.1, -0.05) is 0 Å². The van der Waals surface area contributed by atoms with Crippen molar-refractivity contribution in [2.45, 2.75) is 6.42 Å². The smallest absolute Gasteiger partial charge is 0.308 e. The molecule has 1 atom stereocenters. The van der Waals surface area contributed by atoms with Crippen LogP contribution in [0.3, 0.4) is 0 Å². The molecule has 3 heterocycles. The van der Waals surface area contributed by atoms with Crippen LogP contribution in [0.25, 0.3) is 5.82 Å². The lowest BCUT2D eigenvalue weighted by molar-refractivity contribution is -0.140. The number of hydrogen-bond donors (Lipinski definition) is 1. The van der Waals surface area contributed by atoms with Crippen LogP contribution in [0.2, 0.25) is 0 Å². The van der Waals surface area contributed by atoms with Gasteiger partial charge in [0.2, 0.25) is 0 Å². The van der Waals surface area contributed by atoms with Gasteiger partial charge in [-0.2, -0.15) is 0 Å². The molecule has 1 aliphatic rings. The van der Waals surface area contributed by atoms with Crippen LogP contribution in [0, 0.1) is 5.92 Å². The van der Waals surface area contributed by atoms with Crippen LogP contribution in [-0.4, -0.2) is 43.7 Å². The largest absolute Gasteiger partial charge is 0.481 e.